The summed E-state index contributed by atoms with van der Waals surface area (Å²) in [7, 11) is 0. The minimum absolute atomic E-state index is 0.0218. The van der Waals surface area contributed by atoms with Gasteiger partial charge in [0.25, 0.3) is 11.8 Å². The third-order valence-corrected chi connectivity index (χ3v) is 4.37. The van der Waals surface area contributed by atoms with Crippen LogP contribution in [0.3, 0.4) is 0 Å². The fraction of sp³-hybridized carbons (Fsp3) is 0.286. The molecule has 0 radical (unpaired) electrons. The predicted octanol–water partition coefficient (Wildman–Crippen LogP) is 2.58. The summed E-state index contributed by atoms with van der Waals surface area (Å²) >= 11 is 0. The lowest BCUT2D eigenvalue weighted by Crippen LogP contribution is -2.39. The molecule has 7 nitrogen and oxygen atoms in total. The first-order valence-corrected chi connectivity index (χ1v) is 9.29. The van der Waals surface area contributed by atoms with Crippen molar-refractivity contribution in [2.45, 2.75) is 19.8 Å². The van der Waals surface area contributed by atoms with Gasteiger partial charge in [-0.15, -0.1) is 0 Å². The molecule has 0 atom stereocenters. The van der Waals surface area contributed by atoms with Gasteiger partial charge in [0.05, 0.1) is 12.2 Å². The molecule has 2 aromatic carbocycles. The Balaban J connectivity index is 1.63. The van der Waals surface area contributed by atoms with Gasteiger partial charge < -0.3 is 20.3 Å². The summed E-state index contributed by atoms with van der Waals surface area (Å²) < 4.78 is 5.47. The van der Waals surface area contributed by atoms with Crippen LogP contribution in [0.1, 0.15) is 30.1 Å². The van der Waals surface area contributed by atoms with Gasteiger partial charge in [-0.25, -0.2) is 0 Å². The third kappa shape index (κ3) is 4.68. The van der Waals surface area contributed by atoms with Crippen LogP contribution >= 0.6 is 0 Å². The SMILES string of the molecule is CCCCN1C(=O)COc2ccc(NC(=O)CNC(=O)c3ccccc3)cc21. The smallest absolute Gasteiger partial charge is 0.265 e. The Bertz CT molecular complexity index is 867. The van der Waals surface area contributed by atoms with Gasteiger partial charge in [-0.1, -0.05) is 31.5 Å². The van der Waals surface area contributed by atoms with E-state index in [-0.39, 0.29) is 30.9 Å². The van der Waals surface area contributed by atoms with E-state index < -0.39 is 0 Å². The first-order chi connectivity index (χ1) is 13.6. The molecule has 0 saturated heterocycles. The molecule has 0 aromatic heterocycles. The highest BCUT2D eigenvalue weighted by atomic mass is 16.5. The molecule has 146 valence electrons. The maximum Gasteiger partial charge on any atom is 0.265 e. The summed E-state index contributed by atoms with van der Waals surface area (Å²) in [6.07, 6.45) is 1.85. The molecule has 28 heavy (non-hydrogen) atoms. The number of anilines is 2. The summed E-state index contributed by atoms with van der Waals surface area (Å²) in [5.74, 6) is -0.149. The zero-order valence-electron chi connectivity index (χ0n) is 15.7. The highest BCUT2D eigenvalue weighted by Crippen LogP contribution is 2.34. The number of nitrogens with one attached hydrogen (secondary N) is 2. The van der Waals surface area contributed by atoms with E-state index in [0.717, 1.165) is 12.8 Å². The van der Waals surface area contributed by atoms with Gasteiger partial charge >= 0.3 is 0 Å². The van der Waals surface area contributed by atoms with Gasteiger partial charge in [-0.3, -0.25) is 14.4 Å². The number of ether oxygens (including phenoxy) is 1. The van der Waals surface area contributed by atoms with Crippen LogP contribution in [0.2, 0.25) is 0 Å². The lowest BCUT2D eigenvalue weighted by atomic mass is 10.2. The Labute approximate surface area is 163 Å². The zero-order chi connectivity index (χ0) is 19.9. The number of carbonyl (C=O) groups excluding carboxylic acids is 3. The van der Waals surface area contributed by atoms with E-state index in [1.165, 1.54) is 0 Å². The molecular formula is C21H23N3O4. The fourth-order valence-corrected chi connectivity index (χ4v) is 2.90. The predicted molar refractivity (Wildman–Crippen MR) is 107 cm³/mol. The van der Waals surface area contributed by atoms with E-state index in [1.54, 1.807) is 47.4 Å². The van der Waals surface area contributed by atoms with Gasteiger partial charge in [0.2, 0.25) is 5.91 Å². The summed E-state index contributed by atoms with van der Waals surface area (Å²) in [4.78, 5) is 38.1. The van der Waals surface area contributed by atoms with Gasteiger partial charge in [-0.05, 0) is 36.8 Å². The second kappa shape index (κ2) is 9.03. The molecule has 0 saturated carbocycles. The Morgan fingerprint density at radius 1 is 1.14 bits per heavy atom. The number of unbranched alkanes of at least 4 members (excludes halogenated alkanes) is 1. The molecule has 1 aliphatic heterocycles. The van der Waals surface area contributed by atoms with E-state index in [4.69, 9.17) is 4.74 Å². The number of hydrogen-bond donors (Lipinski definition) is 2. The van der Waals surface area contributed by atoms with Gasteiger partial charge in [0, 0.05) is 17.8 Å². The highest BCUT2D eigenvalue weighted by Gasteiger charge is 2.25. The second-order valence-corrected chi connectivity index (χ2v) is 6.47. The summed E-state index contributed by atoms with van der Waals surface area (Å²) in [5, 5.41) is 5.33. The molecular weight excluding hydrogens is 358 g/mol. The number of carbonyl (C=O) groups is 3. The Kier molecular flexibility index (Phi) is 6.26. The number of hydrogen-bond acceptors (Lipinski definition) is 4. The van der Waals surface area contributed by atoms with Crippen molar-refractivity contribution in [3.05, 3.63) is 54.1 Å². The van der Waals surface area contributed by atoms with Gasteiger partial charge in [0.15, 0.2) is 6.61 Å². The van der Waals surface area contributed by atoms with Gasteiger partial charge in [0.1, 0.15) is 5.75 Å². The molecule has 3 amide bonds. The lowest BCUT2D eigenvalue weighted by molar-refractivity contribution is -0.121. The van der Waals surface area contributed by atoms with Crippen molar-refractivity contribution in [2.24, 2.45) is 0 Å². The molecule has 1 aliphatic rings. The summed E-state index contributed by atoms with van der Waals surface area (Å²) in [5.41, 5.74) is 1.68. The average Bonchev–Trinajstić information content (AvgIpc) is 2.72. The number of amides is 3. The van der Waals surface area contributed by atoms with Crippen LogP contribution in [-0.4, -0.2) is 37.4 Å². The van der Waals surface area contributed by atoms with Crippen molar-refractivity contribution in [2.75, 3.05) is 29.9 Å². The van der Waals surface area contributed by atoms with E-state index in [1.807, 2.05) is 6.07 Å². The first kappa shape index (κ1) is 19.4. The normalized spacial score (nSPS) is 12.8. The van der Waals surface area contributed by atoms with Crippen LogP contribution in [0, 0.1) is 0 Å². The maximum atomic E-state index is 12.2. The van der Waals surface area contributed by atoms with Crippen molar-refractivity contribution in [3.63, 3.8) is 0 Å². The van der Waals surface area contributed by atoms with Crippen molar-refractivity contribution < 1.29 is 19.1 Å². The highest BCUT2D eigenvalue weighted by molar-refractivity contribution is 6.01. The van der Waals surface area contributed by atoms with Crippen LogP contribution in [-0.2, 0) is 9.59 Å². The minimum Gasteiger partial charge on any atom is -0.482 e. The van der Waals surface area contributed by atoms with E-state index in [0.29, 0.717) is 29.2 Å². The quantitative estimate of drug-likeness (QED) is 0.772. The van der Waals surface area contributed by atoms with E-state index >= 15 is 0 Å². The Hall–Kier alpha value is -3.35. The zero-order valence-corrected chi connectivity index (χ0v) is 15.7. The first-order valence-electron chi connectivity index (χ1n) is 9.29. The van der Waals surface area contributed by atoms with Crippen LogP contribution in [0.15, 0.2) is 48.5 Å². The van der Waals surface area contributed by atoms with Crippen LogP contribution < -0.4 is 20.3 Å². The van der Waals surface area contributed by atoms with Crippen LogP contribution in [0.4, 0.5) is 11.4 Å². The van der Waals surface area contributed by atoms with Crippen LogP contribution in [0.5, 0.6) is 5.75 Å². The fourth-order valence-electron chi connectivity index (χ4n) is 2.90. The number of fused-ring (bicyclic) bond motifs is 1. The molecule has 2 N–H and O–H groups in total. The molecule has 0 unspecified atom stereocenters. The minimum atomic E-state index is -0.354. The summed E-state index contributed by atoms with van der Waals surface area (Å²) in [6, 6.07) is 13.9. The number of benzene rings is 2. The van der Waals surface area contributed by atoms with Crippen LogP contribution in [0.25, 0.3) is 0 Å². The molecule has 3 rings (SSSR count). The second-order valence-electron chi connectivity index (χ2n) is 6.47. The molecule has 0 spiro atoms. The maximum absolute atomic E-state index is 12.2. The molecule has 7 heteroatoms. The molecule has 1 heterocycles. The van der Waals surface area contributed by atoms with Crippen molar-refractivity contribution in [1.82, 2.24) is 5.32 Å². The van der Waals surface area contributed by atoms with Crippen molar-refractivity contribution in [3.8, 4) is 5.75 Å². The molecule has 0 bridgehead atoms. The standard InChI is InChI=1S/C21H23N3O4/c1-2-3-11-24-17-12-16(9-10-18(17)28-14-20(24)26)23-19(25)13-22-21(27)15-7-5-4-6-8-15/h4-10,12H,2-3,11,13-14H2,1H3,(H,22,27)(H,23,25). The largest absolute Gasteiger partial charge is 0.482 e. The lowest BCUT2D eigenvalue weighted by Gasteiger charge is -2.29. The molecule has 0 aliphatic carbocycles. The summed E-state index contributed by atoms with van der Waals surface area (Å²) in [6.45, 7) is 2.54. The number of rotatable bonds is 7. The monoisotopic (exact) mass is 381 g/mol. The Morgan fingerprint density at radius 2 is 1.93 bits per heavy atom. The molecule has 2 aromatic rings. The molecule has 0 fully saturated rings. The Morgan fingerprint density at radius 3 is 2.68 bits per heavy atom. The topological polar surface area (TPSA) is 87.7 Å². The van der Waals surface area contributed by atoms with E-state index in [2.05, 4.69) is 17.6 Å². The number of nitrogens with zero attached hydrogens (tertiary/aromatic N) is 1. The van der Waals surface area contributed by atoms with Crippen molar-refractivity contribution >= 4 is 29.1 Å². The van der Waals surface area contributed by atoms with E-state index in [9.17, 15) is 14.4 Å². The third-order valence-electron chi connectivity index (χ3n) is 4.37. The van der Waals surface area contributed by atoms with Gasteiger partial charge in [-0.2, -0.15) is 0 Å². The average molecular weight is 381 g/mol. The van der Waals surface area contributed by atoms with Crippen molar-refractivity contribution in [1.29, 1.82) is 0 Å².